The van der Waals surface area contributed by atoms with Gasteiger partial charge in [-0.3, -0.25) is 14.5 Å². The van der Waals surface area contributed by atoms with E-state index in [0.29, 0.717) is 24.9 Å². The number of thioether (sulfide) groups is 1. The van der Waals surface area contributed by atoms with E-state index in [0.717, 1.165) is 29.8 Å². The van der Waals surface area contributed by atoms with Crippen LogP contribution < -0.4 is 4.90 Å². The molecule has 3 rings (SSSR count). The van der Waals surface area contributed by atoms with Crippen LogP contribution in [0.15, 0.2) is 21.5 Å². The molecule has 2 saturated heterocycles. The molecule has 2 aliphatic rings. The molecule has 1 aromatic rings. The Morgan fingerprint density at radius 2 is 2.08 bits per heavy atom. The molecule has 1 atom stereocenters. The number of rotatable bonds is 5. The van der Waals surface area contributed by atoms with Crippen LogP contribution in [0, 0.1) is 0 Å². The zero-order chi connectivity index (χ0) is 18.7. The average molecular weight is 380 g/mol. The first kappa shape index (κ1) is 18.5. The van der Waals surface area contributed by atoms with E-state index in [9.17, 15) is 14.4 Å². The highest BCUT2D eigenvalue weighted by Gasteiger charge is 2.41. The van der Waals surface area contributed by atoms with E-state index in [1.54, 1.807) is 13.0 Å². The van der Waals surface area contributed by atoms with Crippen LogP contribution in [0.3, 0.4) is 0 Å². The molecule has 9 heteroatoms. The van der Waals surface area contributed by atoms with Crippen molar-refractivity contribution >= 4 is 40.8 Å². The lowest BCUT2D eigenvalue weighted by Crippen LogP contribution is -2.42. The van der Waals surface area contributed by atoms with Gasteiger partial charge in [0.05, 0.1) is 24.7 Å². The maximum atomic E-state index is 12.5. The molecule has 1 aromatic heterocycles. The molecule has 0 saturated carbocycles. The Kier molecular flexibility index (Phi) is 5.67. The van der Waals surface area contributed by atoms with Crippen LogP contribution in [0.5, 0.6) is 0 Å². The summed E-state index contributed by atoms with van der Waals surface area (Å²) in [6.07, 6.45) is 1.52. The summed E-state index contributed by atoms with van der Waals surface area (Å²) in [6, 6.07) is 2.60. The van der Waals surface area contributed by atoms with Crippen LogP contribution in [0.1, 0.15) is 19.6 Å². The second-order valence-electron chi connectivity index (χ2n) is 5.76. The molecule has 2 aliphatic heterocycles. The van der Waals surface area contributed by atoms with Crippen molar-refractivity contribution < 1.29 is 28.3 Å². The summed E-state index contributed by atoms with van der Waals surface area (Å²) in [5.41, 5.74) is 0. The number of imide groups is 1. The first-order valence-corrected chi connectivity index (χ1v) is 9.19. The number of anilines is 1. The molecule has 2 amide bonds. The van der Waals surface area contributed by atoms with Gasteiger partial charge in [0.2, 0.25) is 0 Å². The minimum Gasteiger partial charge on any atom is -0.464 e. The molecule has 0 radical (unpaired) electrons. The van der Waals surface area contributed by atoms with Gasteiger partial charge in [0.1, 0.15) is 11.8 Å². The van der Waals surface area contributed by atoms with Crippen LogP contribution in [-0.2, 0) is 19.1 Å². The number of furan rings is 1. The standard InChI is InChI=1S/C17H20N2O6S/c1-3-24-16(21)11(2)19-15(20)13(26-17(19)22)10-12-4-5-14(25-12)18-6-8-23-9-7-18/h4-5,10-11H,3,6-9H2,1-2H3. The number of esters is 1. The van der Waals surface area contributed by atoms with Gasteiger partial charge in [0.25, 0.3) is 11.1 Å². The fourth-order valence-corrected chi connectivity index (χ4v) is 3.57. The maximum absolute atomic E-state index is 12.5. The van der Waals surface area contributed by atoms with Crippen LogP contribution in [0.25, 0.3) is 6.08 Å². The highest BCUT2D eigenvalue weighted by atomic mass is 32.2. The molecule has 0 aliphatic carbocycles. The molecular formula is C17H20N2O6S. The van der Waals surface area contributed by atoms with E-state index >= 15 is 0 Å². The van der Waals surface area contributed by atoms with Crippen molar-refractivity contribution in [3.63, 3.8) is 0 Å². The Morgan fingerprint density at radius 1 is 1.35 bits per heavy atom. The molecule has 1 unspecified atom stereocenters. The lowest BCUT2D eigenvalue weighted by Gasteiger charge is -2.26. The van der Waals surface area contributed by atoms with Gasteiger partial charge in [-0.25, -0.2) is 4.79 Å². The number of amides is 2. The Balaban J connectivity index is 1.73. The Labute approximate surface area is 155 Å². The van der Waals surface area contributed by atoms with Crippen molar-refractivity contribution in [2.75, 3.05) is 37.8 Å². The van der Waals surface area contributed by atoms with Crippen molar-refractivity contribution in [1.82, 2.24) is 4.90 Å². The van der Waals surface area contributed by atoms with Crippen molar-refractivity contribution in [3.8, 4) is 0 Å². The molecule has 2 fully saturated rings. The molecule has 26 heavy (non-hydrogen) atoms. The van der Waals surface area contributed by atoms with E-state index < -0.39 is 23.2 Å². The van der Waals surface area contributed by atoms with Gasteiger partial charge >= 0.3 is 5.97 Å². The van der Waals surface area contributed by atoms with Crippen molar-refractivity contribution in [3.05, 3.63) is 22.8 Å². The summed E-state index contributed by atoms with van der Waals surface area (Å²) < 4.78 is 16.0. The van der Waals surface area contributed by atoms with Crippen molar-refractivity contribution in [2.45, 2.75) is 19.9 Å². The van der Waals surface area contributed by atoms with E-state index in [1.807, 2.05) is 6.07 Å². The lowest BCUT2D eigenvalue weighted by molar-refractivity contribution is -0.150. The van der Waals surface area contributed by atoms with Gasteiger partial charge in [0, 0.05) is 25.2 Å². The second kappa shape index (κ2) is 7.96. The van der Waals surface area contributed by atoms with E-state index in [-0.39, 0.29) is 11.5 Å². The second-order valence-corrected chi connectivity index (χ2v) is 6.75. The van der Waals surface area contributed by atoms with Gasteiger partial charge in [0.15, 0.2) is 5.88 Å². The lowest BCUT2D eigenvalue weighted by atomic mass is 10.3. The number of morpholine rings is 1. The average Bonchev–Trinajstić information content (AvgIpc) is 3.20. The molecule has 0 N–H and O–H groups in total. The Bertz CT molecular complexity index is 737. The van der Waals surface area contributed by atoms with Crippen LogP contribution in [0.2, 0.25) is 0 Å². The van der Waals surface area contributed by atoms with Crippen LogP contribution in [-0.4, -0.2) is 61.0 Å². The molecule has 0 spiro atoms. The summed E-state index contributed by atoms with van der Waals surface area (Å²) in [5, 5.41) is -0.498. The summed E-state index contributed by atoms with van der Waals surface area (Å²) in [7, 11) is 0. The molecular weight excluding hydrogens is 360 g/mol. The highest BCUT2D eigenvalue weighted by molar-refractivity contribution is 8.18. The normalized spacial score (nSPS) is 20.8. The van der Waals surface area contributed by atoms with Crippen molar-refractivity contribution in [2.24, 2.45) is 0 Å². The third kappa shape index (κ3) is 3.78. The molecule has 3 heterocycles. The molecule has 8 nitrogen and oxygen atoms in total. The van der Waals surface area contributed by atoms with Gasteiger partial charge in [-0.1, -0.05) is 0 Å². The predicted molar refractivity (Wildman–Crippen MR) is 95.6 cm³/mol. The van der Waals surface area contributed by atoms with Crippen LogP contribution >= 0.6 is 11.8 Å². The largest absolute Gasteiger partial charge is 0.464 e. The molecule has 0 aromatic carbocycles. The summed E-state index contributed by atoms with van der Waals surface area (Å²) in [4.78, 5) is 39.7. The van der Waals surface area contributed by atoms with E-state index in [4.69, 9.17) is 13.9 Å². The number of nitrogens with zero attached hydrogens (tertiary/aromatic N) is 2. The van der Waals surface area contributed by atoms with E-state index in [2.05, 4.69) is 4.90 Å². The number of carbonyl (C=O) groups is 3. The monoisotopic (exact) mass is 380 g/mol. The fourth-order valence-electron chi connectivity index (χ4n) is 2.68. The SMILES string of the molecule is CCOC(=O)C(C)N1C(=O)SC(=Cc2ccc(N3CCOCC3)o2)C1=O. The topological polar surface area (TPSA) is 89.3 Å². The first-order chi connectivity index (χ1) is 12.5. The minimum absolute atomic E-state index is 0.186. The quantitative estimate of drug-likeness (QED) is 0.567. The maximum Gasteiger partial charge on any atom is 0.329 e. The van der Waals surface area contributed by atoms with Gasteiger partial charge in [-0.05, 0) is 31.7 Å². The van der Waals surface area contributed by atoms with Crippen molar-refractivity contribution in [1.29, 1.82) is 0 Å². The number of carbonyl (C=O) groups excluding carboxylic acids is 3. The Hall–Kier alpha value is -2.26. The third-order valence-corrected chi connectivity index (χ3v) is 4.93. The highest BCUT2D eigenvalue weighted by Crippen LogP contribution is 2.34. The molecule has 140 valence electrons. The third-order valence-electron chi connectivity index (χ3n) is 4.05. The fraction of sp³-hybridized carbons (Fsp3) is 0.471. The number of ether oxygens (including phenoxy) is 2. The zero-order valence-electron chi connectivity index (χ0n) is 14.6. The summed E-state index contributed by atoms with van der Waals surface area (Å²) >= 11 is 0.782. The predicted octanol–water partition coefficient (Wildman–Crippen LogP) is 2.10. The number of hydrogen-bond acceptors (Lipinski definition) is 8. The summed E-state index contributed by atoms with van der Waals surface area (Å²) in [5.74, 6) is 0.0352. The molecule has 0 bridgehead atoms. The minimum atomic E-state index is -0.964. The van der Waals surface area contributed by atoms with Gasteiger partial charge in [-0.15, -0.1) is 0 Å². The van der Waals surface area contributed by atoms with Gasteiger partial charge in [-0.2, -0.15) is 0 Å². The van der Waals surface area contributed by atoms with Gasteiger partial charge < -0.3 is 18.8 Å². The first-order valence-electron chi connectivity index (χ1n) is 8.37. The zero-order valence-corrected chi connectivity index (χ0v) is 15.4. The smallest absolute Gasteiger partial charge is 0.329 e. The summed E-state index contributed by atoms with van der Waals surface area (Å²) in [6.45, 7) is 6.08. The van der Waals surface area contributed by atoms with Crippen LogP contribution in [0.4, 0.5) is 10.7 Å². The number of hydrogen-bond donors (Lipinski definition) is 0. The van der Waals surface area contributed by atoms with E-state index in [1.165, 1.54) is 13.0 Å². The Morgan fingerprint density at radius 3 is 2.77 bits per heavy atom.